The van der Waals surface area contributed by atoms with E-state index in [2.05, 4.69) is 5.10 Å². The number of rotatable bonds is 5. The summed E-state index contributed by atoms with van der Waals surface area (Å²) in [7, 11) is 0. The first-order chi connectivity index (χ1) is 12.5. The minimum atomic E-state index is -0.839. The van der Waals surface area contributed by atoms with Crippen LogP contribution < -0.4 is 0 Å². The number of carbonyl (C=O) groups is 2. The van der Waals surface area contributed by atoms with Gasteiger partial charge in [0, 0.05) is 13.1 Å². The standard InChI is InChI=1S/C19H22ClN3O3/c1-13-16(17(20)23(21-13)12-15-8-4-3-5-9-15)19(25)26-14(2)18(24)22-10-6-7-11-22/h3-5,8-9,14H,6-7,10-12H2,1-2H3/t14-/m1/s1. The maximum absolute atomic E-state index is 12.6. The highest BCUT2D eigenvalue weighted by Crippen LogP contribution is 2.23. The number of hydrogen-bond donors (Lipinski definition) is 0. The third-order valence-electron chi connectivity index (χ3n) is 4.49. The Morgan fingerprint density at radius 1 is 1.23 bits per heavy atom. The Bertz CT molecular complexity index is 798. The van der Waals surface area contributed by atoms with Crippen molar-refractivity contribution in [2.45, 2.75) is 39.3 Å². The largest absolute Gasteiger partial charge is 0.449 e. The Kier molecular flexibility index (Phi) is 5.61. The van der Waals surface area contributed by atoms with E-state index in [0.717, 1.165) is 31.5 Å². The maximum Gasteiger partial charge on any atom is 0.343 e. The number of halogens is 1. The molecule has 0 spiro atoms. The molecule has 2 heterocycles. The minimum absolute atomic E-state index is 0.165. The third-order valence-corrected chi connectivity index (χ3v) is 4.88. The van der Waals surface area contributed by atoms with Crippen LogP contribution in [-0.4, -0.2) is 45.8 Å². The monoisotopic (exact) mass is 375 g/mol. The summed E-state index contributed by atoms with van der Waals surface area (Å²) in [6.45, 7) is 5.19. The van der Waals surface area contributed by atoms with Gasteiger partial charge in [-0.1, -0.05) is 41.9 Å². The predicted octanol–water partition coefficient (Wildman–Crippen LogP) is 3.06. The average molecular weight is 376 g/mol. The first-order valence-corrected chi connectivity index (χ1v) is 9.11. The molecule has 1 aliphatic rings. The number of carbonyl (C=O) groups excluding carboxylic acids is 2. The van der Waals surface area contributed by atoms with Crippen molar-refractivity contribution in [3.05, 3.63) is 52.3 Å². The zero-order chi connectivity index (χ0) is 18.7. The molecule has 0 aliphatic carbocycles. The van der Waals surface area contributed by atoms with Crippen molar-refractivity contribution in [3.63, 3.8) is 0 Å². The van der Waals surface area contributed by atoms with Crippen LogP contribution in [0.1, 0.15) is 41.4 Å². The van der Waals surface area contributed by atoms with Crippen LogP contribution >= 0.6 is 11.6 Å². The van der Waals surface area contributed by atoms with Crippen molar-refractivity contribution in [1.29, 1.82) is 0 Å². The molecule has 1 aliphatic heterocycles. The lowest BCUT2D eigenvalue weighted by atomic mass is 10.2. The molecule has 1 aromatic heterocycles. The van der Waals surface area contributed by atoms with Crippen molar-refractivity contribution in [1.82, 2.24) is 14.7 Å². The highest BCUT2D eigenvalue weighted by atomic mass is 35.5. The van der Waals surface area contributed by atoms with Crippen LogP contribution in [0.4, 0.5) is 0 Å². The average Bonchev–Trinajstić information content (AvgIpc) is 3.24. The lowest BCUT2D eigenvalue weighted by molar-refractivity contribution is -0.138. The number of hydrogen-bond acceptors (Lipinski definition) is 4. The van der Waals surface area contributed by atoms with Gasteiger partial charge in [0.25, 0.3) is 5.91 Å². The van der Waals surface area contributed by atoms with Crippen LogP contribution in [0, 0.1) is 6.92 Å². The zero-order valence-corrected chi connectivity index (χ0v) is 15.7. The Hall–Kier alpha value is -2.34. The van der Waals surface area contributed by atoms with E-state index >= 15 is 0 Å². The number of ether oxygens (including phenoxy) is 1. The van der Waals surface area contributed by atoms with Crippen molar-refractivity contribution >= 4 is 23.5 Å². The summed E-state index contributed by atoms with van der Waals surface area (Å²) in [6.07, 6.45) is 1.14. The molecule has 7 heteroatoms. The van der Waals surface area contributed by atoms with Gasteiger partial charge < -0.3 is 9.64 Å². The molecule has 2 aromatic rings. The highest BCUT2D eigenvalue weighted by Gasteiger charge is 2.29. The van der Waals surface area contributed by atoms with Gasteiger partial charge in [-0.05, 0) is 32.3 Å². The van der Waals surface area contributed by atoms with E-state index in [9.17, 15) is 9.59 Å². The lowest BCUT2D eigenvalue weighted by Gasteiger charge is -2.20. The fourth-order valence-electron chi connectivity index (χ4n) is 3.11. The molecule has 1 saturated heterocycles. The molecule has 0 N–H and O–H groups in total. The van der Waals surface area contributed by atoms with Gasteiger partial charge in [-0.2, -0.15) is 5.10 Å². The molecule has 1 atom stereocenters. The fourth-order valence-corrected chi connectivity index (χ4v) is 3.42. The molecule has 0 bridgehead atoms. The molecule has 0 saturated carbocycles. The molecule has 26 heavy (non-hydrogen) atoms. The topological polar surface area (TPSA) is 64.4 Å². The van der Waals surface area contributed by atoms with Crippen LogP contribution in [0.25, 0.3) is 0 Å². The van der Waals surface area contributed by atoms with Crippen molar-refractivity contribution < 1.29 is 14.3 Å². The maximum atomic E-state index is 12.6. The number of esters is 1. The third kappa shape index (κ3) is 3.90. The van der Waals surface area contributed by atoms with Crippen molar-refractivity contribution in [2.24, 2.45) is 0 Å². The number of benzene rings is 1. The van der Waals surface area contributed by atoms with E-state index in [-0.39, 0.29) is 16.6 Å². The van der Waals surface area contributed by atoms with Gasteiger partial charge in [0.05, 0.1) is 12.2 Å². The molecule has 138 valence electrons. The molecular formula is C19H22ClN3O3. The van der Waals surface area contributed by atoms with Crippen molar-refractivity contribution in [2.75, 3.05) is 13.1 Å². The van der Waals surface area contributed by atoms with Gasteiger partial charge in [0.2, 0.25) is 0 Å². The van der Waals surface area contributed by atoms with Gasteiger partial charge >= 0.3 is 5.97 Å². The van der Waals surface area contributed by atoms with E-state index in [0.29, 0.717) is 12.2 Å². The summed E-state index contributed by atoms with van der Waals surface area (Å²) < 4.78 is 6.93. The Morgan fingerprint density at radius 3 is 2.54 bits per heavy atom. The van der Waals surface area contributed by atoms with E-state index in [1.165, 1.54) is 0 Å². The molecule has 3 rings (SSSR count). The normalized spacial score (nSPS) is 15.1. The first-order valence-electron chi connectivity index (χ1n) is 8.74. The first kappa shape index (κ1) is 18.5. The van der Waals surface area contributed by atoms with Crippen LogP contribution in [0.15, 0.2) is 30.3 Å². The molecule has 1 amide bonds. The number of nitrogens with zero attached hydrogens (tertiary/aromatic N) is 3. The van der Waals surface area contributed by atoms with E-state index in [1.54, 1.807) is 23.4 Å². The summed E-state index contributed by atoms with van der Waals surface area (Å²) >= 11 is 6.37. The van der Waals surface area contributed by atoms with Crippen molar-refractivity contribution in [3.8, 4) is 0 Å². The Labute approximate surface area is 157 Å². The van der Waals surface area contributed by atoms with Crippen LogP contribution in [0.5, 0.6) is 0 Å². The van der Waals surface area contributed by atoms with Crippen LogP contribution in [0.2, 0.25) is 5.15 Å². The number of likely N-dealkylation sites (tertiary alicyclic amines) is 1. The zero-order valence-electron chi connectivity index (χ0n) is 14.9. The Balaban J connectivity index is 1.72. The number of amides is 1. The second-order valence-electron chi connectivity index (χ2n) is 6.47. The smallest absolute Gasteiger partial charge is 0.343 e. The summed E-state index contributed by atoms with van der Waals surface area (Å²) in [5.41, 5.74) is 1.72. The highest BCUT2D eigenvalue weighted by molar-refractivity contribution is 6.32. The van der Waals surface area contributed by atoms with E-state index in [1.807, 2.05) is 30.3 Å². The Morgan fingerprint density at radius 2 is 1.88 bits per heavy atom. The fraction of sp³-hybridized carbons (Fsp3) is 0.421. The van der Waals surface area contributed by atoms with Gasteiger partial charge in [-0.3, -0.25) is 4.79 Å². The summed E-state index contributed by atoms with van der Waals surface area (Å²) in [6, 6.07) is 9.71. The van der Waals surface area contributed by atoms with Crippen LogP contribution in [-0.2, 0) is 16.1 Å². The molecule has 6 nitrogen and oxygen atoms in total. The summed E-state index contributed by atoms with van der Waals surface area (Å²) in [4.78, 5) is 26.6. The summed E-state index contributed by atoms with van der Waals surface area (Å²) in [5.74, 6) is -0.784. The quantitative estimate of drug-likeness (QED) is 0.753. The van der Waals surface area contributed by atoms with Crippen LogP contribution in [0.3, 0.4) is 0 Å². The van der Waals surface area contributed by atoms with E-state index in [4.69, 9.17) is 16.3 Å². The van der Waals surface area contributed by atoms with Gasteiger partial charge in [0.15, 0.2) is 6.10 Å². The second-order valence-corrected chi connectivity index (χ2v) is 6.83. The lowest BCUT2D eigenvalue weighted by Crippen LogP contribution is -2.38. The summed E-state index contributed by atoms with van der Waals surface area (Å²) in [5, 5.41) is 4.56. The molecule has 0 radical (unpaired) electrons. The van der Waals surface area contributed by atoms with E-state index < -0.39 is 12.1 Å². The minimum Gasteiger partial charge on any atom is -0.449 e. The van der Waals surface area contributed by atoms with Gasteiger partial charge in [-0.15, -0.1) is 0 Å². The van der Waals surface area contributed by atoms with Gasteiger partial charge in [0.1, 0.15) is 10.7 Å². The molecule has 1 aromatic carbocycles. The van der Waals surface area contributed by atoms with Gasteiger partial charge in [-0.25, -0.2) is 9.48 Å². The number of aryl methyl sites for hydroxylation is 1. The molecule has 1 fully saturated rings. The SMILES string of the molecule is Cc1nn(Cc2ccccc2)c(Cl)c1C(=O)O[C@H](C)C(=O)N1CCCC1. The molecule has 0 unspecified atom stereocenters. The number of aromatic nitrogens is 2. The predicted molar refractivity (Wildman–Crippen MR) is 98.2 cm³/mol. The second kappa shape index (κ2) is 7.91. The molecular weight excluding hydrogens is 354 g/mol.